The molecule has 68 valence electrons. The van der Waals surface area contributed by atoms with Crippen molar-refractivity contribution in [2.24, 2.45) is 0 Å². The monoisotopic (exact) mass is 195 g/mol. The zero-order chi connectivity index (χ0) is 9.10. The van der Waals surface area contributed by atoms with Gasteiger partial charge in [-0.25, -0.2) is 4.98 Å². The zero-order valence-corrected chi connectivity index (χ0v) is 7.97. The minimum absolute atomic E-state index is 0.471. The van der Waals surface area contributed by atoms with Gasteiger partial charge in [0.15, 0.2) is 11.6 Å². The number of methoxy groups -OCH3 is 1. The lowest BCUT2D eigenvalue weighted by molar-refractivity contribution is 0.178. The summed E-state index contributed by atoms with van der Waals surface area (Å²) in [5.41, 5.74) is 0. The summed E-state index contributed by atoms with van der Waals surface area (Å²) < 4.78 is 4.93. The van der Waals surface area contributed by atoms with Gasteiger partial charge in [-0.3, -0.25) is 5.10 Å². The van der Waals surface area contributed by atoms with Crippen molar-refractivity contribution in [1.82, 2.24) is 15.2 Å². The first-order chi connectivity index (χ1) is 6.40. The van der Waals surface area contributed by atoms with Crippen LogP contribution < -0.4 is 0 Å². The van der Waals surface area contributed by atoms with Gasteiger partial charge in [0.2, 0.25) is 0 Å². The molecule has 0 spiro atoms. The molecule has 0 bridgehead atoms. The quantitative estimate of drug-likeness (QED) is 0.810. The first kappa shape index (κ1) is 8.40. The number of rotatable bonds is 3. The molecule has 0 atom stereocenters. The first-order valence-electron chi connectivity index (χ1n) is 3.84. The SMILES string of the molecule is COCc1nc(-c2cccs2)n[nH]1. The highest BCUT2D eigenvalue weighted by atomic mass is 32.1. The van der Waals surface area contributed by atoms with Gasteiger partial charge in [0.05, 0.1) is 4.88 Å². The van der Waals surface area contributed by atoms with Crippen molar-refractivity contribution in [1.29, 1.82) is 0 Å². The van der Waals surface area contributed by atoms with Crippen LogP contribution in [0.4, 0.5) is 0 Å². The van der Waals surface area contributed by atoms with Crippen molar-refractivity contribution < 1.29 is 4.74 Å². The van der Waals surface area contributed by atoms with Gasteiger partial charge in [-0.05, 0) is 11.4 Å². The molecule has 0 saturated heterocycles. The molecular formula is C8H9N3OS. The molecule has 5 heteroatoms. The van der Waals surface area contributed by atoms with E-state index in [1.165, 1.54) is 0 Å². The Balaban J connectivity index is 2.23. The Kier molecular flexibility index (Phi) is 2.37. The van der Waals surface area contributed by atoms with Gasteiger partial charge in [-0.1, -0.05) is 6.07 Å². The Labute approximate surface area is 79.6 Å². The molecule has 0 aliphatic heterocycles. The molecule has 2 rings (SSSR count). The van der Waals surface area contributed by atoms with E-state index in [4.69, 9.17) is 4.74 Å². The molecule has 1 N–H and O–H groups in total. The lowest BCUT2D eigenvalue weighted by Gasteiger charge is -1.88. The van der Waals surface area contributed by atoms with E-state index in [1.54, 1.807) is 18.4 Å². The molecule has 0 fully saturated rings. The number of thiophene rings is 1. The Morgan fingerprint density at radius 1 is 1.62 bits per heavy atom. The van der Waals surface area contributed by atoms with Crippen molar-refractivity contribution in [3.63, 3.8) is 0 Å². The van der Waals surface area contributed by atoms with E-state index in [0.717, 1.165) is 16.5 Å². The fraction of sp³-hybridized carbons (Fsp3) is 0.250. The van der Waals surface area contributed by atoms with Crippen LogP contribution in [0, 0.1) is 0 Å². The standard InChI is InChI=1S/C8H9N3OS/c1-12-5-7-9-8(11-10-7)6-3-2-4-13-6/h2-4H,5H2,1H3,(H,9,10,11). The van der Waals surface area contributed by atoms with Crippen molar-refractivity contribution in [3.8, 4) is 10.7 Å². The van der Waals surface area contributed by atoms with Crippen LogP contribution in [0.25, 0.3) is 10.7 Å². The molecule has 0 aliphatic rings. The van der Waals surface area contributed by atoms with Crippen LogP contribution in [-0.4, -0.2) is 22.3 Å². The van der Waals surface area contributed by atoms with E-state index in [-0.39, 0.29) is 0 Å². The second-order valence-electron chi connectivity index (χ2n) is 2.52. The van der Waals surface area contributed by atoms with Crippen molar-refractivity contribution >= 4 is 11.3 Å². The summed E-state index contributed by atoms with van der Waals surface area (Å²) >= 11 is 1.62. The number of H-pyrrole nitrogens is 1. The molecule has 0 amide bonds. The summed E-state index contributed by atoms with van der Waals surface area (Å²) in [5.74, 6) is 1.49. The van der Waals surface area contributed by atoms with Gasteiger partial charge >= 0.3 is 0 Å². The highest BCUT2D eigenvalue weighted by molar-refractivity contribution is 7.13. The average Bonchev–Trinajstić information content (AvgIpc) is 2.70. The minimum Gasteiger partial charge on any atom is -0.377 e. The van der Waals surface area contributed by atoms with Crippen LogP contribution in [0.15, 0.2) is 17.5 Å². The third-order valence-electron chi connectivity index (χ3n) is 1.55. The van der Waals surface area contributed by atoms with Crippen molar-refractivity contribution in [3.05, 3.63) is 23.3 Å². The van der Waals surface area contributed by atoms with Gasteiger partial charge in [0.25, 0.3) is 0 Å². The molecule has 0 aliphatic carbocycles. The van der Waals surface area contributed by atoms with Gasteiger partial charge in [0.1, 0.15) is 6.61 Å². The lowest BCUT2D eigenvalue weighted by atomic mass is 10.4. The van der Waals surface area contributed by atoms with Crippen molar-refractivity contribution in [2.45, 2.75) is 6.61 Å². The second kappa shape index (κ2) is 3.68. The maximum atomic E-state index is 4.93. The second-order valence-corrected chi connectivity index (χ2v) is 3.46. The highest BCUT2D eigenvalue weighted by Crippen LogP contribution is 2.20. The fourth-order valence-electron chi connectivity index (χ4n) is 1.01. The predicted octanol–water partition coefficient (Wildman–Crippen LogP) is 1.68. The smallest absolute Gasteiger partial charge is 0.191 e. The van der Waals surface area contributed by atoms with E-state index in [9.17, 15) is 0 Å². The van der Waals surface area contributed by atoms with E-state index in [1.807, 2.05) is 17.5 Å². The summed E-state index contributed by atoms with van der Waals surface area (Å²) in [6.45, 7) is 0.471. The van der Waals surface area contributed by atoms with Gasteiger partial charge < -0.3 is 4.74 Å². The van der Waals surface area contributed by atoms with E-state index < -0.39 is 0 Å². The van der Waals surface area contributed by atoms with Crippen LogP contribution in [0.1, 0.15) is 5.82 Å². The van der Waals surface area contributed by atoms with Gasteiger partial charge in [-0.15, -0.1) is 11.3 Å². The van der Waals surface area contributed by atoms with Crippen LogP contribution in [0.2, 0.25) is 0 Å². The normalized spacial score (nSPS) is 10.5. The van der Waals surface area contributed by atoms with Gasteiger partial charge in [0, 0.05) is 7.11 Å². The minimum atomic E-state index is 0.471. The molecule has 4 nitrogen and oxygen atoms in total. The third kappa shape index (κ3) is 1.76. The number of aromatic amines is 1. The van der Waals surface area contributed by atoms with Crippen LogP contribution in [0.5, 0.6) is 0 Å². The summed E-state index contributed by atoms with van der Waals surface area (Å²) in [6, 6.07) is 3.97. The van der Waals surface area contributed by atoms with Gasteiger partial charge in [-0.2, -0.15) is 5.10 Å². The predicted molar refractivity (Wildman–Crippen MR) is 50.4 cm³/mol. The maximum Gasteiger partial charge on any atom is 0.191 e. The summed E-state index contributed by atoms with van der Waals surface area (Å²) in [7, 11) is 1.63. The molecule has 0 unspecified atom stereocenters. The van der Waals surface area contributed by atoms with Crippen LogP contribution in [0.3, 0.4) is 0 Å². The Hall–Kier alpha value is -1.20. The molecular weight excluding hydrogens is 186 g/mol. The largest absolute Gasteiger partial charge is 0.377 e. The van der Waals surface area contributed by atoms with E-state index >= 15 is 0 Å². The zero-order valence-electron chi connectivity index (χ0n) is 7.15. The highest BCUT2D eigenvalue weighted by Gasteiger charge is 2.05. The number of hydrogen-bond donors (Lipinski definition) is 1. The lowest BCUT2D eigenvalue weighted by Crippen LogP contribution is -1.89. The van der Waals surface area contributed by atoms with Crippen LogP contribution in [-0.2, 0) is 11.3 Å². The van der Waals surface area contributed by atoms with Crippen LogP contribution >= 0.6 is 11.3 Å². The molecule has 0 radical (unpaired) electrons. The Morgan fingerprint density at radius 2 is 2.54 bits per heavy atom. The fourth-order valence-corrected chi connectivity index (χ4v) is 1.67. The maximum absolute atomic E-state index is 4.93. The molecule has 2 aromatic rings. The average molecular weight is 195 g/mol. The number of ether oxygens (including phenoxy) is 1. The summed E-state index contributed by atoms with van der Waals surface area (Å²) in [4.78, 5) is 5.33. The Morgan fingerprint density at radius 3 is 3.23 bits per heavy atom. The molecule has 2 heterocycles. The summed E-state index contributed by atoms with van der Waals surface area (Å²) in [5, 5.41) is 8.89. The summed E-state index contributed by atoms with van der Waals surface area (Å²) in [6.07, 6.45) is 0. The number of nitrogens with zero attached hydrogens (tertiary/aromatic N) is 2. The van der Waals surface area contributed by atoms with E-state index in [2.05, 4.69) is 15.2 Å². The first-order valence-corrected chi connectivity index (χ1v) is 4.72. The molecule has 13 heavy (non-hydrogen) atoms. The third-order valence-corrected chi connectivity index (χ3v) is 2.42. The van der Waals surface area contributed by atoms with E-state index in [0.29, 0.717) is 6.61 Å². The molecule has 2 aromatic heterocycles. The number of hydrogen-bond acceptors (Lipinski definition) is 4. The molecule has 0 saturated carbocycles. The number of nitrogens with one attached hydrogen (secondary N) is 1. The van der Waals surface area contributed by atoms with Crippen molar-refractivity contribution in [2.75, 3.05) is 7.11 Å². The topological polar surface area (TPSA) is 50.8 Å². The number of aromatic nitrogens is 3. The Bertz CT molecular complexity index is 368. The molecule has 0 aromatic carbocycles.